The fraction of sp³-hybridized carbons (Fsp3) is 0.556. The second-order valence-electron chi connectivity index (χ2n) is 7.57. The number of likely N-dealkylation sites (tertiary alicyclic amines) is 1. The van der Waals surface area contributed by atoms with Gasteiger partial charge in [-0.2, -0.15) is 0 Å². The number of alkyl halides is 2. The SMILES string of the molecule is CC(C)(C)OC(=O)N1CCC(N=Cc2cc([N+](=O)[O-])c(C(F)F)cc2N)CC1. The summed E-state index contributed by atoms with van der Waals surface area (Å²) in [5.41, 5.74) is 3.98. The first-order valence-electron chi connectivity index (χ1n) is 8.85. The molecule has 28 heavy (non-hydrogen) atoms. The Morgan fingerprint density at radius 2 is 2.00 bits per heavy atom. The molecule has 1 amide bonds. The van der Waals surface area contributed by atoms with Crippen LogP contribution >= 0.6 is 0 Å². The van der Waals surface area contributed by atoms with Crippen molar-refractivity contribution in [2.24, 2.45) is 4.99 Å². The van der Waals surface area contributed by atoms with Crippen LogP contribution < -0.4 is 5.73 Å². The molecule has 154 valence electrons. The zero-order valence-corrected chi connectivity index (χ0v) is 16.0. The van der Waals surface area contributed by atoms with Crippen LogP contribution in [0.1, 0.15) is 51.2 Å². The molecule has 1 saturated heterocycles. The molecule has 0 spiro atoms. The van der Waals surface area contributed by atoms with Crippen molar-refractivity contribution < 1.29 is 23.2 Å². The molecular weight excluding hydrogens is 374 g/mol. The number of hydrogen-bond donors (Lipinski definition) is 1. The van der Waals surface area contributed by atoms with Gasteiger partial charge in [-0.3, -0.25) is 15.1 Å². The maximum absolute atomic E-state index is 12.9. The van der Waals surface area contributed by atoms with Crippen molar-refractivity contribution in [3.63, 3.8) is 0 Å². The van der Waals surface area contributed by atoms with E-state index in [1.165, 1.54) is 6.21 Å². The summed E-state index contributed by atoms with van der Waals surface area (Å²) in [6, 6.07) is 1.82. The molecule has 8 nitrogen and oxygen atoms in total. The Morgan fingerprint density at radius 3 is 2.50 bits per heavy atom. The van der Waals surface area contributed by atoms with Crippen LogP contribution in [0, 0.1) is 10.1 Å². The Kier molecular flexibility index (Phi) is 6.52. The topological polar surface area (TPSA) is 111 Å². The van der Waals surface area contributed by atoms with Crippen LogP contribution in [0.2, 0.25) is 0 Å². The van der Waals surface area contributed by atoms with Crippen LogP contribution in [-0.4, -0.2) is 46.9 Å². The molecule has 1 fully saturated rings. The van der Waals surface area contributed by atoms with Crippen LogP contribution in [-0.2, 0) is 4.74 Å². The number of amides is 1. The number of anilines is 1. The lowest BCUT2D eigenvalue weighted by molar-refractivity contribution is -0.386. The molecule has 1 aliphatic heterocycles. The first kappa shape index (κ1) is 21.5. The van der Waals surface area contributed by atoms with Gasteiger partial charge in [0.25, 0.3) is 12.1 Å². The number of benzene rings is 1. The van der Waals surface area contributed by atoms with Gasteiger partial charge in [0.15, 0.2) is 0 Å². The Bertz CT molecular complexity index is 770. The van der Waals surface area contributed by atoms with E-state index in [0.717, 1.165) is 12.1 Å². The van der Waals surface area contributed by atoms with E-state index in [0.29, 0.717) is 25.9 Å². The van der Waals surface area contributed by atoms with Crippen molar-refractivity contribution in [3.8, 4) is 0 Å². The van der Waals surface area contributed by atoms with Crippen LogP contribution in [0.25, 0.3) is 0 Å². The first-order chi connectivity index (χ1) is 13.0. The number of piperidine rings is 1. The first-order valence-corrected chi connectivity index (χ1v) is 8.85. The van der Waals surface area contributed by atoms with Gasteiger partial charge in [-0.15, -0.1) is 0 Å². The van der Waals surface area contributed by atoms with E-state index in [-0.39, 0.29) is 23.4 Å². The Hall–Kier alpha value is -2.78. The van der Waals surface area contributed by atoms with Gasteiger partial charge in [0.05, 0.1) is 16.5 Å². The van der Waals surface area contributed by atoms with Crippen molar-refractivity contribution >= 4 is 23.7 Å². The lowest BCUT2D eigenvalue weighted by atomic mass is 10.1. The van der Waals surface area contributed by atoms with Crippen molar-refractivity contribution in [3.05, 3.63) is 33.4 Å². The zero-order valence-electron chi connectivity index (χ0n) is 16.0. The molecule has 0 radical (unpaired) electrons. The Morgan fingerprint density at radius 1 is 1.39 bits per heavy atom. The molecule has 1 aromatic carbocycles. The molecule has 0 bridgehead atoms. The predicted octanol–water partition coefficient (Wildman–Crippen LogP) is 3.93. The number of nitrogens with two attached hydrogens (primary N) is 1. The summed E-state index contributed by atoms with van der Waals surface area (Å²) in [7, 11) is 0. The number of carbonyl (C=O) groups excluding carboxylic acids is 1. The standard InChI is InChI=1S/C18H24F2N4O4/c1-18(2,3)28-17(25)23-6-4-12(5-7-23)22-10-11-8-15(24(26)27)13(16(19)20)9-14(11)21/h8-10,12,16H,4-7,21H2,1-3H3. The van der Waals surface area contributed by atoms with E-state index in [4.69, 9.17) is 10.5 Å². The third-order valence-electron chi connectivity index (χ3n) is 4.20. The van der Waals surface area contributed by atoms with Crippen LogP contribution in [0.3, 0.4) is 0 Å². The molecule has 2 rings (SSSR count). The van der Waals surface area contributed by atoms with Crippen LogP contribution in [0.15, 0.2) is 17.1 Å². The highest BCUT2D eigenvalue weighted by Gasteiger charge is 2.27. The Labute approximate surface area is 161 Å². The van der Waals surface area contributed by atoms with Gasteiger partial charge in [0, 0.05) is 36.6 Å². The summed E-state index contributed by atoms with van der Waals surface area (Å²) in [6.45, 7) is 6.33. The molecule has 2 N–H and O–H groups in total. The summed E-state index contributed by atoms with van der Waals surface area (Å²) >= 11 is 0. The maximum Gasteiger partial charge on any atom is 0.410 e. The van der Waals surface area contributed by atoms with Gasteiger partial charge in [0.2, 0.25) is 0 Å². The number of nitro benzene ring substituents is 1. The van der Waals surface area contributed by atoms with Gasteiger partial charge in [-0.25, -0.2) is 13.6 Å². The van der Waals surface area contributed by atoms with Gasteiger partial charge in [0.1, 0.15) is 5.60 Å². The lowest BCUT2D eigenvalue weighted by Crippen LogP contribution is -2.42. The zero-order chi connectivity index (χ0) is 21.1. The third-order valence-corrected chi connectivity index (χ3v) is 4.20. The molecule has 10 heteroatoms. The number of rotatable bonds is 4. The van der Waals surface area contributed by atoms with E-state index in [1.807, 2.05) is 0 Å². The fourth-order valence-corrected chi connectivity index (χ4v) is 2.79. The molecule has 0 unspecified atom stereocenters. The maximum atomic E-state index is 12.9. The van der Waals surface area contributed by atoms with Crippen molar-refractivity contribution in [1.29, 1.82) is 0 Å². The number of nitrogen functional groups attached to an aromatic ring is 1. The Balaban J connectivity index is 2.05. The second kappa shape index (κ2) is 8.49. The van der Waals surface area contributed by atoms with E-state index in [2.05, 4.69) is 4.99 Å². The average molecular weight is 398 g/mol. The van der Waals surface area contributed by atoms with Gasteiger partial charge in [-0.1, -0.05) is 0 Å². The second-order valence-corrected chi connectivity index (χ2v) is 7.57. The number of nitrogens with zero attached hydrogens (tertiary/aromatic N) is 3. The minimum atomic E-state index is -2.99. The molecular formula is C18H24F2N4O4. The number of ether oxygens (including phenoxy) is 1. The largest absolute Gasteiger partial charge is 0.444 e. The van der Waals surface area contributed by atoms with Crippen molar-refractivity contribution in [2.45, 2.75) is 51.7 Å². The highest BCUT2D eigenvalue weighted by atomic mass is 19.3. The summed E-state index contributed by atoms with van der Waals surface area (Å²) in [6.07, 6.45) is -0.825. The molecule has 0 atom stereocenters. The van der Waals surface area contributed by atoms with Crippen LogP contribution in [0.4, 0.5) is 25.0 Å². The average Bonchev–Trinajstić information content (AvgIpc) is 2.59. The highest BCUT2D eigenvalue weighted by Crippen LogP contribution is 2.32. The van der Waals surface area contributed by atoms with Crippen LogP contribution in [0.5, 0.6) is 0 Å². The normalized spacial score (nSPS) is 16.0. The molecule has 1 aliphatic rings. The summed E-state index contributed by atoms with van der Waals surface area (Å²) < 4.78 is 31.2. The lowest BCUT2D eigenvalue weighted by Gasteiger charge is -2.32. The number of aliphatic imine (C=N–C) groups is 1. The number of halogens is 2. The molecule has 1 heterocycles. The monoisotopic (exact) mass is 398 g/mol. The molecule has 0 aromatic heterocycles. The van der Waals surface area contributed by atoms with Gasteiger partial charge >= 0.3 is 6.09 Å². The van der Waals surface area contributed by atoms with Crippen molar-refractivity contribution in [1.82, 2.24) is 4.90 Å². The molecule has 1 aromatic rings. The number of carbonyl (C=O) groups is 1. The molecule has 0 aliphatic carbocycles. The minimum Gasteiger partial charge on any atom is -0.444 e. The van der Waals surface area contributed by atoms with Gasteiger partial charge in [-0.05, 0) is 39.7 Å². The summed E-state index contributed by atoms with van der Waals surface area (Å²) in [5, 5.41) is 11.0. The fourth-order valence-electron chi connectivity index (χ4n) is 2.79. The predicted molar refractivity (Wildman–Crippen MR) is 101 cm³/mol. The summed E-state index contributed by atoms with van der Waals surface area (Å²) in [4.78, 5) is 28.2. The van der Waals surface area contributed by atoms with E-state index in [1.54, 1.807) is 25.7 Å². The van der Waals surface area contributed by atoms with E-state index in [9.17, 15) is 23.7 Å². The quantitative estimate of drug-likeness (QED) is 0.357. The van der Waals surface area contributed by atoms with Gasteiger partial charge < -0.3 is 15.4 Å². The highest BCUT2D eigenvalue weighted by molar-refractivity contribution is 5.88. The number of hydrogen-bond acceptors (Lipinski definition) is 6. The minimum absolute atomic E-state index is 0.00385. The van der Waals surface area contributed by atoms with Crippen molar-refractivity contribution in [2.75, 3.05) is 18.8 Å². The smallest absolute Gasteiger partial charge is 0.410 e. The molecule has 0 saturated carbocycles. The third kappa shape index (κ3) is 5.61. The van der Waals surface area contributed by atoms with E-state index >= 15 is 0 Å². The summed E-state index contributed by atoms with van der Waals surface area (Å²) in [5.74, 6) is 0. The number of nitro groups is 1. The van der Waals surface area contributed by atoms with E-state index < -0.39 is 28.2 Å².